The molecule has 2 rings (SSSR count). The lowest BCUT2D eigenvalue weighted by molar-refractivity contribution is 0.307. The minimum absolute atomic E-state index is 0.839. The predicted molar refractivity (Wildman–Crippen MR) is 60.5 cm³/mol. The van der Waals surface area contributed by atoms with Gasteiger partial charge in [0.2, 0.25) is 0 Å². The van der Waals surface area contributed by atoms with E-state index in [0.29, 0.717) is 0 Å². The molecule has 2 aliphatic heterocycles. The van der Waals surface area contributed by atoms with Crippen molar-refractivity contribution in [2.75, 3.05) is 19.6 Å². The molecule has 2 N–H and O–H groups in total. The zero-order valence-electron chi connectivity index (χ0n) is 9.23. The van der Waals surface area contributed by atoms with Crippen molar-refractivity contribution in [2.24, 2.45) is 5.92 Å². The van der Waals surface area contributed by atoms with Crippen LogP contribution in [0.5, 0.6) is 0 Å². The molecule has 0 bridgehead atoms. The predicted octanol–water partition coefficient (Wildman–Crippen LogP) is 1.91. The molecule has 2 aliphatic rings. The highest BCUT2D eigenvalue weighted by Crippen LogP contribution is 2.19. The molecular formula is C12H24N2. The molecule has 0 aromatic rings. The zero-order chi connectivity index (χ0) is 9.64. The van der Waals surface area contributed by atoms with E-state index in [1.54, 1.807) is 0 Å². The Labute approximate surface area is 87.8 Å². The van der Waals surface area contributed by atoms with Crippen LogP contribution < -0.4 is 10.6 Å². The fourth-order valence-electron chi connectivity index (χ4n) is 2.78. The van der Waals surface area contributed by atoms with Gasteiger partial charge in [-0.05, 0) is 64.1 Å². The fourth-order valence-corrected chi connectivity index (χ4v) is 2.78. The van der Waals surface area contributed by atoms with Crippen molar-refractivity contribution < 1.29 is 0 Å². The first-order valence-electron chi connectivity index (χ1n) is 6.39. The summed E-state index contributed by atoms with van der Waals surface area (Å²) in [4.78, 5) is 0. The van der Waals surface area contributed by atoms with Crippen LogP contribution in [0.15, 0.2) is 0 Å². The SMILES string of the molecule is C1CCC(CCC2CCCNC2)NC1. The Morgan fingerprint density at radius 1 is 0.929 bits per heavy atom. The van der Waals surface area contributed by atoms with Gasteiger partial charge in [-0.3, -0.25) is 0 Å². The van der Waals surface area contributed by atoms with E-state index in [9.17, 15) is 0 Å². The summed E-state index contributed by atoms with van der Waals surface area (Å²) in [7, 11) is 0. The number of hydrogen-bond donors (Lipinski definition) is 2. The quantitative estimate of drug-likeness (QED) is 0.720. The molecule has 2 heteroatoms. The smallest absolute Gasteiger partial charge is 0.00671 e. The van der Waals surface area contributed by atoms with Crippen molar-refractivity contribution in [1.29, 1.82) is 0 Å². The summed E-state index contributed by atoms with van der Waals surface area (Å²) in [5.74, 6) is 0.965. The fraction of sp³-hybridized carbons (Fsp3) is 1.00. The Morgan fingerprint density at radius 3 is 2.64 bits per heavy atom. The summed E-state index contributed by atoms with van der Waals surface area (Å²) >= 11 is 0. The van der Waals surface area contributed by atoms with Gasteiger partial charge < -0.3 is 10.6 Å². The minimum Gasteiger partial charge on any atom is -0.316 e. The molecule has 2 fully saturated rings. The molecular weight excluding hydrogens is 172 g/mol. The van der Waals surface area contributed by atoms with E-state index in [1.165, 1.54) is 64.6 Å². The highest BCUT2D eigenvalue weighted by Gasteiger charge is 2.17. The van der Waals surface area contributed by atoms with Gasteiger partial charge in [-0.2, -0.15) is 0 Å². The van der Waals surface area contributed by atoms with Crippen LogP contribution in [0.25, 0.3) is 0 Å². The average molecular weight is 196 g/mol. The molecule has 2 unspecified atom stereocenters. The van der Waals surface area contributed by atoms with Crippen molar-refractivity contribution in [3.05, 3.63) is 0 Å². The average Bonchev–Trinajstić information content (AvgIpc) is 2.29. The van der Waals surface area contributed by atoms with Gasteiger partial charge in [0.05, 0.1) is 0 Å². The first-order valence-corrected chi connectivity index (χ1v) is 6.39. The third-order valence-electron chi connectivity index (χ3n) is 3.73. The van der Waals surface area contributed by atoms with Gasteiger partial charge >= 0.3 is 0 Å². The molecule has 2 saturated heterocycles. The maximum absolute atomic E-state index is 3.64. The number of nitrogens with one attached hydrogen (secondary N) is 2. The van der Waals surface area contributed by atoms with Crippen LogP contribution in [0.1, 0.15) is 44.9 Å². The van der Waals surface area contributed by atoms with Crippen molar-refractivity contribution in [3.8, 4) is 0 Å². The van der Waals surface area contributed by atoms with Crippen LogP contribution in [0.2, 0.25) is 0 Å². The van der Waals surface area contributed by atoms with E-state index >= 15 is 0 Å². The van der Waals surface area contributed by atoms with E-state index in [0.717, 1.165) is 12.0 Å². The molecule has 0 aromatic carbocycles. The van der Waals surface area contributed by atoms with E-state index in [-0.39, 0.29) is 0 Å². The maximum Gasteiger partial charge on any atom is 0.00671 e. The molecule has 2 nitrogen and oxygen atoms in total. The number of piperidine rings is 2. The van der Waals surface area contributed by atoms with E-state index in [2.05, 4.69) is 10.6 Å². The molecule has 0 radical (unpaired) electrons. The Bertz CT molecular complexity index is 128. The van der Waals surface area contributed by atoms with Gasteiger partial charge in [-0.25, -0.2) is 0 Å². The van der Waals surface area contributed by atoms with Crippen LogP contribution in [0.3, 0.4) is 0 Å². The maximum atomic E-state index is 3.64. The van der Waals surface area contributed by atoms with Crippen LogP contribution in [0.4, 0.5) is 0 Å². The summed E-state index contributed by atoms with van der Waals surface area (Å²) in [6.45, 7) is 3.78. The van der Waals surface area contributed by atoms with Gasteiger partial charge in [-0.15, -0.1) is 0 Å². The van der Waals surface area contributed by atoms with Gasteiger partial charge in [0.25, 0.3) is 0 Å². The van der Waals surface area contributed by atoms with Crippen LogP contribution in [-0.4, -0.2) is 25.7 Å². The third-order valence-corrected chi connectivity index (χ3v) is 3.73. The Balaban J connectivity index is 1.60. The third kappa shape index (κ3) is 3.25. The molecule has 14 heavy (non-hydrogen) atoms. The van der Waals surface area contributed by atoms with Gasteiger partial charge in [-0.1, -0.05) is 6.42 Å². The second-order valence-corrected chi connectivity index (χ2v) is 4.94. The summed E-state index contributed by atoms with van der Waals surface area (Å²) in [5.41, 5.74) is 0. The monoisotopic (exact) mass is 196 g/mol. The topological polar surface area (TPSA) is 24.1 Å². The van der Waals surface area contributed by atoms with Crippen molar-refractivity contribution in [2.45, 2.75) is 51.0 Å². The first kappa shape index (κ1) is 10.4. The standard InChI is InChI=1S/C12H24N2/c1-2-9-14-12(5-1)7-6-11-4-3-8-13-10-11/h11-14H,1-10H2. The Kier molecular flexibility index (Phi) is 4.26. The van der Waals surface area contributed by atoms with Crippen molar-refractivity contribution in [1.82, 2.24) is 10.6 Å². The summed E-state index contributed by atoms with van der Waals surface area (Å²) < 4.78 is 0. The van der Waals surface area contributed by atoms with E-state index in [4.69, 9.17) is 0 Å². The number of rotatable bonds is 3. The van der Waals surface area contributed by atoms with Gasteiger partial charge in [0.15, 0.2) is 0 Å². The minimum atomic E-state index is 0.839. The second kappa shape index (κ2) is 5.72. The Hall–Kier alpha value is -0.0800. The molecule has 0 spiro atoms. The first-order chi connectivity index (χ1) is 6.95. The van der Waals surface area contributed by atoms with Gasteiger partial charge in [0, 0.05) is 6.04 Å². The molecule has 82 valence electrons. The second-order valence-electron chi connectivity index (χ2n) is 4.94. The molecule has 0 saturated carbocycles. The van der Waals surface area contributed by atoms with E-state index in [1.807, 2.05) is 0 Å². The molecule has 0 amide bonds. The van der Waals surface area contributed by atoms with Crippen molar-refractivity contribution in [3.63, 3.8) is 0 Å². The summed E-state index contributed by atoms with van der Waals surface area (Å²) in [6, 6.07) is 0.839. The van der Waals surface area contributed by atoms with Crippen LogP contribution in [-0.2, 0) is 0 Å². The molecule has 0 aromatic heterocycles. The highest BCUT2D eigenvalue weighted by molar-refractivity contribution is 4.76. The molecule has 2 heterocycles. The lowest BCUT2D eigenvalue weighted by Crippen LogP contribution is -2.35. The van der Waals surface area contributed by atoms with Crippen molar-refractivity contribution >= 4 is 0 Å². The Morgan fingerprint density at radius 2 is 1.93 bits per heavy atom. The van der Waals surface area contributed by atoms with Crippen LogP contribution in [0, 0.1) is 5.92 Å². The zero-order valence-corrected chi connectivity index (χ0v) is 9.23. The summed E-state index contributed by atoms with van der Waals surface area (Å²) in [5, 5.41) is 7.14. The highest BCUT2D eigenvalue weighted by atomic mass is 14.9. The molecule has 2 atom stereocenters. The van der Waals surface area contributed by atoms with E-state index < -0.39 is 0 Å². The largest absolute Gasteiger partial charge is 0.316 e. The summed E-state index contributed by atoms with van der Waals surface area (Å²) in [6.07, 6.45) is 9.95. The van der Waals surface area contributed by atoms with Crippen LogP contribution >= 0.6 is 0 Å². The number of hydrogen-bond acceptors (Lipinski definition) is 2. The van der Waals surface area contributed by atoms with Gasteiger partial charge in [0.1, 0.15) is 0 Å². The lowest BCUT2D eigenvalue weighted by atomic mass is 9.90. The molecule has 0 aliphatic carbocycles. The lowest BCUT2D eigenvalue weighted by Gasteiger charge is -2.27. The normalized spacial score (nSPS) is 34.3.